The van der Waals surface area contributed by atoms with E-state index in [0.29, 0.717) is 11.4 Å². The Labute approximate surface area is 123 Å². The first-order valence-electron chi connectivity index (χ1n) is 6.35. The van der Waals surface area contributed by atoms with E-state index in [9.17, 15) is 4.39 Å². The first-order chi connectivity index (χ1) is 9.51. The number of halogens is 2. The van der Waals surface area contributed by atoms with E-state index in [2.05, 4.69) is 0 Å². The molecule has 106 valence electrons. The van der Waals surface area contributed by atoms with Crippen molar-refractivity contribution >= 4 is 11.6 Å². The third-order valence-electron chi connectivity index (χ3n) is 3.31. The molecular weight excluding hydrogens is 277 g/mol. The molecule has 2 aromatic carbocycles. The maximum atomic E-state index is 13.7. The van der Waals surface area contributed by atoms with E-state index in [1.54, 1.807) is 6.07 Å². The molecule has 0 aliphatic carbocycles. The molecule has 2 rings (SSSR count). The van der Waals surface area contributed by atoms with Crippen molar-refractivity contribution < 1.29 is 9.13 Å². The highest BCUT2D eigenvalue weighted by molar-refractivity contribution is 6.30. The second-order valence-corrected chi connectivity index (χ2v) is 5.22. The van der Waals surface area contributed by atoms with Crippen LogP contribution < -0.4 is 10.5 Å². The van der Waals surface area contributed by atoms with Gasteiger partial charge in [-0.1, -0.05) is 23.7 Å². The van der Waals surface area contributed by atoms with Gasteiger partial charge in [0, 0.05) is 11.1 Å². The molecule has 0 amide bonds. The number of aryl methyl sites for hydroxylation is 1. The van der Waals surface area contributed by atoms with Crippen LogP contribution in [0.3, 0.4) is 0 Å². The summed E-state index contributed by atoms with van der Waals surface area (Å²) >= 11 is 6.00. The Bertz CT molecular complexity index is 615. The standard InChI is InChI=1S/C16H17ClFNO/c1-10-3-5-12(17)9-13(10)15(19)8-11-4-6-16(20-2)14(18)7-11/h3-7,9,15H,8,19H2,1-2H3. The van der Waals surface area contributed by atoms with Crippen molar-refractivity contribution in [3.8, 4) is 5.75 Å². The molecule has 2 N–H and O–H groups in total. The lowest BCUT2D eigenvalue weighted by molar-refractivity contribution is 0.386. The SMILES string of the molecule is COc1ccc(CC(N)c2cc(Cl)ccc2C)cc1F. The summed E-state index contributed by atoms with van der Waals surface area (Å²) < 4.78 is 18.6. The maximum Gasteiger partial charge on any atom is 0.165 e. The predicted octanol–water partition coefficient (Wildman–Crippen LogP) is 4.04. The molecule has 1 unspecified atom stereocenters. The molecule has 0 aromatic heterocycles. The molecule has 4 heteroatoms. The second-order valence-electron chi connectivity index (χ2n) is 4.78. The fourth-order valence-electron chi connectivity index (χ4n) is 2.21. The van der Waals surface area contributed by atoms with Gasteiger partial charge in [0.25, 0.3) is 0 Å². The molecule has 0 bridgehead atoms. The van der Waals surface area contributed by atoms with E-state index in [1.165, 1.54) is 13.2 Å². The lowest BCUT2D eigenvalue weighted by Crippen LogP contribution is -2.14. The fraction of sp³-hybridized carbons (Fsp3) is 0.250. The van der Waals surface area contributed by atoms with Crippen molar-refractivity contribution in [2.75, 3.05) is 7.11 Å². The van der Waals surface area contributed by atoms with Crippen LogP contribution in [0.5, 0.6) is 5.75 Å². The Balaban J connectivity index is 2.21. The maximum absolute atomic E-state index is 13.7. The first kappa shape index (κ1) is 14.8. The van der Waals surface area contributed by atoms with Gasteiger partial charge in [0.05, 0.1) is 7.11 Å². The van der Waals surface area contributed by atoms with E-state index >= 15 is 0 Å². The summed E-state index contributed by atoms with van der Waals surface area (Å²) in [5.74, 6) is -0.138. The highest BCUT2D eigenvalue weighted by atomic mass is 35.5. The minimum atomic E-state index is -0.375. The van der Waals surface area contributed by atoms with Crippen LogP contribution in [0.25, 0.3) is 0 Å². The van der Waals surface area contributed by atoms with Crippen LogP contribution in [0.1, 0.15) is 22.7 Å². The third kappa shape index (κ3) is 3.30. The monoisotopic (exact) mass is 293 g/mol. The third-order valence-corrected chi connectivity index (χ3v) is 3.55. The van der Waals surface area contributed by atoms with E-state index in [-0.39, 0.29) is 17.6 Å². The van der Waals surface area contributed by atoms with E-state index in [0.717, 1.165) is 16.7 Å². The molecule has 0 fully saturated rings. The van der Waals surface area contributed by atoms with Gasteiger partial charge in [-0.2, -0.15) is 0 Å². The Kier molecular flexibility index (Phi) is 4.63. The number of methoxy groups -OCH3 is 1. The molecule has 2 nitrogen and oxygen atoms in total. The van der Waals surface area contributed by atoms with Gasteiger partial charge in [0.15, 0.2) is 11.6 Å². The second kappa shape index (κ2) is 6.25. The number of hydrogen-bond acceptors (Lipinski definition) is 2. The van der Waals surface area contributed by atoms with Gasteiger partial charge in [0.2, 0.25) is 0 Å². The van der Waals surface area contributed by atoms with Gasteiger partial charge in [0.1, 0.15) is 0 Å². The summed E-state index contributed by atoms with van der Waals surface area (Å²) in [6, 6.07) is 10.3. The van der Waals surface area contributed by atoms with E-state index in [4.69, 9.17) is 22.1 Å². The first-order valence-corrected chi connectivity index (χ1v) is 6.73. The van der Waals surface area contributed by atoms with Crippen molar-refractivity contribution in [3.05, 3.63) is 63.9 Å². The quantitative estimate of drug-likeness (QED) is 0.923. The summed E-state index contributed by atoms with van der Waals surface area (Å²) in [6.07, 6.45) is 0.544. The highest BCUT2D eigenvalue weighted by Crippen LogP contribution is 2.25. The lowest BCUT2D eigenvalue weighted by atomic mass is 9.96. The Morgan fingerprint density at radius 3 is 2.65 bits per heavy atom. The Morgan fingerprint density at radius 2 is 2.00 bits per heavy atom. The smallest absolute Gasteiger partial charge is 0.165 e. The van der Waals surface area contributed by atoms with E-state index < -0.39 is 0 Å². The van der Waals surface area contributed by atoms with Crippen LogP contribution in [0, 0.1) is 12.7 Å². The van der Waals surface area contributed by atoms with Crippen molar-refractivity contribution in [3.63, 3.8) is 0 Å². The van der Waals surface area contributed by atoms with Gasteiger partial charge in [-0.05, 0) is 54.3 Å². The number of benzene rings is 2. The predicted molar refractivity (Wildman–Crippen MR) is 79.8 cm³/mol. The minimum absolute atomic E-state index is 0.221. The number of hydrogen-bond donors (Lipinski definition) is 1. The van der Waals surface area contributed by atoms with Crippen molar-refractivity contribution in [2.45, 2.75) is 19.4 Å². The largest absolute Gasteiger partial charge is 0.494 e. The number of ether oxygens (including phenoxy) is 1. The zero-order valence-electron chi connectivity index (χ0n) is 11.5. The Hall–Kier alpha value is -1.58. The molecule has 0 aliphatic rings. The average molecular weight is 294 g/mol. The van der Waals surface area contributed by atoms with Gasteiger partial charge in [-0.15, -0.1) is 0 Å². The lowest BCUT2D eigenvalue weighted by Gasteiger charge is -2.15. The van der Waals surface area contributed by atoms with Crippen LogP contribution in [-0.2, 0) is 6.42 Å². The average Bonchev–Trinajstić information content (AvgIpc) is 2.41. The molecule has 0 aliphatic heterocycles. The topological polar surface area (TPSA) is 35.2 Å². The van der Waals surface area contributed by atoms with Gasteiger partial charge < -0.3 is 10.5 Å². The Morgan fingerprint density at radius 1 is 1.25 bits per heavy atom. The summed E-state index contributed by atoms with van der Waals surface area (Å²) in [4.78, 5) is 0. The van der Waals surface area contributed by atoms with Crippen molar-refractivity contribution in [1.29, 1.82) is 0 Å². The molecule has 0 saturated heterocycles. The summed E-state index contributed by atoms with van der Waals surface area (Å²) in [7, 11) is 1.44. The molecular formula is C16H17ClFNO. The van der Waals surface area contributed by atoms with Crippen LogP contribution in [-0.4, -0.2) is 7.11 Å². The van der Waals surface area contributed by atoms with Gasteiger partial charge >= 0.3 is 0 Å². The zero-order valence-corrected chi connectivity index (χ0v) is 12.2. The number of rotatable bonds is 4. The van der Waals surface area contributed by atoms with Crippen LogP contribution in [0.2, 0.25) is 5.02 Å². The minimum Gasteiger partial charge on any atom is -0.494 e. The molecule has 0 radical (unpaired) electrons. The molecule has 0 spiro atoms. The molecule has 20 heavy (non-hydrogen) atoms. The highest BCUT2D eigenvalue weighted by Gasteiger charge is 2.12. The molecule has 2 aromatic rings. The summed E-state index contributed by atoms with van der Waals surface area (Å²) in [6.45, 7) is 1.99. The summed E-state index contributed by atoms with van der Waals surface area (Å²) in [5.41, 5.74) is 9.09. The molecule has 0 heterocycles. The normalized spacial score (nSPS) is 12.2. The summed E-state index contributed by atoms with van der Waals surface area (Å²) in [5, 5.41) is 0.655. The fourth-order valence-corrected chi connectivity index (χ4v) is 2.39. The van der Waals surface area contributed by atoms with Crippen molar-refractivity contribution in [2.24, 2.45) is 5.73 Å². The molecule has 0 saturated carbocycles. The molecule has 1 atom stereocenters. The van der Waals surface area contributed by atoms with Crippen LogP contribution >= 0.6 is 11.6 Å². The van der Waals surface area contributed by atoms with Crippen molar-refractivity contribution in [1.82, 2.24) is 0 Å². The van der Waals surface area contributed by atoms with E-state index in [1.807, 2.05) is 31.2 Å². The van der Waals surface area contributed by atoms with Crippen LogP contribution in [0.15, 0.2) is 36.4 Å². The van der Waals surface area contributed by atoms with Crippen LogP contribution in [0.4, 0.5) is 4.39 Å². The van der Waals surface area contributed by atoms with Gasteiger partial charge in [-0.3, -0.25) is 0 Å². The number of nitrogens with two attached hydrogens (primary N) is 1. The van der Waals surface area contributed by atoms with Gasteiger partial charge in [-0.25, -0.2) is 4.39 Å². The zero-order chi connectivity index (χ0) is 14.7.